The zero-order valence-corrected chi connectivity index (χ0v) is 14.8. The summed E-state index contributed by atoms with van der Waals surface area (Å²) in [4.78, 5) is 12.2. The highest BCUT2D eigenvalue weighted by Crippen LogP contribution is 2.21. The van der Waals surface area contributed by atoms with Crippen molar-refractivity contribution in [2.75, 3.05) is 5.73 Å². The van der Waals surface area contributed by atoms with Crippen molar-refractivity contribution in [3.8, 4) is 5.88 Å². The molecule has 8 heteroatoms. The Morgan fingerprint density at radius 2 is 1.77 bits per heavy atom. The lowest BCUT2D eigenvalue weighted by Crippen LogP contribution is -2.17. The molecule has 3 aromatic rings. The second-order valence-corrected chi connectivity index (χ2v) is 7.28. The van der Waals surface area contributed by atoms with Crippen molar-refractivity contribution in [3.63, 3.8) is 0 Å². The third kappa shape index (κ3) is 3.45. The number of aromatic nitrogens is 2. The number of rotatable bonds is 5. The summed E-state index contributed by atoms with van der Waals surface area (Å²) in [6, 6.07) is 15.9. The molecule has 0 amide bonds. The zero-order chi connectivity index (χ0) is 18.7. The van der Waals surface area contributed by atoms with Gasteiger partial charge in [-0.15, -0.1) is 9.19 Å². The van der Waals surface area contributed by atoms with Gasteiger partial charge in [-0.25, -0.2) is 4.79 Å². The summed E-state index contributed by atoms with van der Waals surface area (Å²) in [7, 11) is -3.97. The van der Waals surface area contributed by atoms with Crippen LogP contribution in [-0.4, -0.2) is 23.6 Å². The van der Waals surface area contributed by atoms with Crippen LogP contribution in [0.5, 0.6) is 5.88 Å². The number of esters is 1. The normalized spacial score (nSPS) is 11.3. The number of carbonyl (C=O) groups excluding carboxylic acids is 1. The lowest BCUT2D eigenvalue weighted by molar-refractivity contribution is 0.0727. The van der Waals surface area contributed by atoms with Gasteiger partial charge in [-0.05, 0) is 36.2 Å². The van der Waals surface area contributed by atoms with E-state index in [1.54, 1.807) is 30.3 Å². The van der Waals surface area contributed by atoms with Crippen LogP contribution < -0.4 is 10.5 Å². The van der Waals surface area contributed by atoms with Crippen molar-refractivity contribution in [2.45, 2.75) is 18.2 Å². The minimum Gasteiger partial charge on any atom is -0.402 e. The minimum absolute atomic E-state index is 0.0304. The highest BCUT2D eigenvalue weighted by Gasteiger charge is 2.23. The Morgan fingerprint density at radius 1 is 1.12 bits per heavy atom. The molecule has 2 N–H and O–H groups in total. The highest BCUT2D eigenvalue weighted by molar-refractivity contribution is 7.90. The molecular weight excluding hydrogens is 354 g/mol. The molecule has 2 aromatic carbocycles. The number of nitrogens with two attached hydrogens (primary N) is 1. The lowest BCUT2D eigenvalue weighted by atomic mass is 10.1. The van der Waals surface area contributed by atoms with Crippen LogP contribution >= 0.6 is 0 Å². The Kier molecular flexibility index (Phi) is 4.77. The van der Waals surface area contributed by atoms with E-state index in [0.29, 0.717) is 9.65 Å². The van der Waals surface area contributed by atoms with E-state index >= 15 is 0 Å². The van der Waals surface area contributed by atoms with Crippen LogP contribution in [0, 0.1) is 0 Å². The molecule has 0 radical (unpaired) electrons. The van der Waals surface area contributed by atoms with Gasteiger partial charge in [-0.2, -0.15) is 8.42 Å². The first-order valence-electron chi connectivity index (χ1n) is 7.89. The van der Waals surface area contributed by atoms with Gasteiger partial charge >= 0.3 is 5.97 Å². The maximum absolute atomic E-state index is 12.6. The fourth-order valence-electron chi connectivity index (χ4n) is 2.32. The summed E-state index contributed by atoms with van der Waals surface area (Å²) < 4.78 is 30.9. The van der Waals surface area contributed by atoms with E-state index in [0.717, 1.165) is 12.0 Å². The maximum atomic E-state index is 12.6. The molecule has 0 aliphatic heterocycles. The Bertz CT molecular complexity index is 1030. The van der Waals surface area contributed by atoms with Gasteiger partial charge in [-0.3, -0.25) is 0 Å². The lowest BCUT2D eigenvalue weighted by Gasteiger charge is -2.05. The molecule has 0 fully saturated rings. The molecule has 0 saturated heterocycles. The van der Waals surface area contributed by atoms with Gasteiger partial charge in [0.15, 0.2) is 0 Å². The van der Waals surface area contributed by atoms with Crippen LogP contribution in [0.15, 0.2) is 65.6 Å². The number of ether oxygens (including phenoxy) is 1. The number of hydrogen-bond acceptors (Lipinski definition) is 6. The van der Waals surface area contributed by atoms with E-state index in [2.05, 4.69) is 5.10 Å². The maximum Gasteiger partial charge on any atom is 0.344 e. The molecule has 0 atom stereocenters. The number of hydrogen-bond donors (Lipinski definition) is 1. The van der Waals surface area contributed by atoms with Crippen molar-refractivity contribution in [3.05, 3.63) is 71.8 Å². The van der Waals surface area contributed by atoms with E-state index in [4.69, 9.17) is 10.5 Å². The molecule has 0 unspecified atom stereocenters. The monoisotopic (exact) mass is 371 g/mol. The van der Waals surface area contributed by atoms with E-state index < -0.39 is 16.0 Å². The van der Waals surface area contributed by atoms with Crippen molar-refractivity contribution < 1.29 is 17.9 Å². The van der Waals surface area contributed by atoms with Crippen LogP contribution in [0.3, 0.4) is 0 Å². The molecule has 0 spiro atoms. The van der Waals surface area contributed by atoms with Crippen LogP contribution in [0.2, 0.25) is 0 Å². The minimum atomic E-state index is -3.97. The Balaban J connectivity index is 1.85. The first kappa shape index (κ1) is 17.7. The zero-order valence-electron chi connectivity index (χ0n) is 14.0. The quantitative estimate of drug-likeness (QED) is 0.691. The van der Waals surface area contributed by atoms with E-state index in [-0.39, 0.29) is 16.6 Å². The molecule has 1 heterocycles. The Hall–Kier alpha value is -3.13. The Morgan fingerprint density at radius 3 is 2.38 bits per heavy atom. The molecule has 7 nitrogen and oxygen atoms in total. The third-order valence-corrected chi connectivity index (χ3v) is 5.36. The average Bonchev–Trinajstić information content (AvgIpc) is 3.03. The van der Waals surface area contributed by atoms with Gasteiger partial charge in [0.05, 0.1) is 10.5 Å². The first-order chi connectivity index (χ1) is 12.4. The van der Waals surface area contributed by atoms with E-state index in [9.17, 15) is 13.2 Å². The van der Waals surface area contributed by atoms with Gasteiger partial charge in [-0.1, -0.05) is 37.3 Å². The fourth-order valence-corrected chi connectivity index (χ4v) is 3.54. The number of benzene rings is 2. The van der Waals surface area contributed by atoms with E-state index in [1.807, 2.05) is 19.1 Å². The number of nitrogen functional groups attached to an aromatic ring is 1. The molecule has 0 bridgehead atoms. The number of aryl methyl sites for hydroxylation is 1. The topological polar surface area (TPSA) is 104 Å². The average molecular weight is 371 g/mol. The standard InChI is InChI=1S/C18H17N3O4S/c1-2-13-8-10-14(11-9-13)18(22)25-17-12-16(19)21(20-17)26(23,24)15-6-4-3-5-7-15/h3-12H,2,19H2,1H3. The van der Waals surface area contributed by atoms with Crippen LogP contribution in [0.4, 0.5) is 5.82 Å². The number of nitrogens with zero attached hydrogens (tertiary/aromatic N) is 2. The van der Waals surface area contributed by atoms with E-state index in [1.165, 1.54) is 18.2 Å². The largest absolute Gasteiger partial charge is 0.402 e. The van der Waals surface area contributed by atoms with Gasteiger partial charge in [0.2, 0.25) is 5.88 Å². The molecule has 26 heavy (non-hydrogen) atoms. The second-order valence-electron chi connectivity index (χ2n) is 5.51. The van der Waals surface area contributed by atoms with Crippen LogP contribution in [0.25, 0.3) is 0 Å². The Labute approximate surface area is 151 Å². The number of anilines is 1. The summed E-state index contributed by atoms with van der Waals surface area (Å²) in [5.41, 5.74) is 7.17. The van der Waals surface area contributed by atoms with Gasteiger partial charge in [0, 0.05) is 6.07 Å². The molecule has 1 aromatic heterocycles. The summed E-state index contributed by atoms with van der Waals surface area (Å²) in [6.07, 6.45) is 0.855. The SMILES string of the molecule is CCc1ccc(C(=O)Oc2cc(N)n(S(=O)(=O)c3ccccc3)n2)cc1. The second kappa shape index (κ2) is 7.01. The molecule has 0 saturated carbocycles. The van der Waals surface area contributed by atoms with Crippen LogP contribution in [0.1, 0.15) is 22.8 Å². The smallest absolute Gasteiger partial charge is 0.344 e. The predicted octanol–water partition coefficient (Wildman–Crippen LogP) is 2.48. The summed E-state index contributed by atoms with van der Waals surface area (Å²) in [5.74, 6) is -0.987. The summed E-state index contributed by atoms with van der Waals surface area (Å²) in [6.45, 7) is 2.01. The van der Waals surface area contributed by atoms with Crippen LogP contribution in [-0.2, 0) is 16.4 Å². The predicted molar refractivity (Wildman–Crippen MR) is 96.4 cm³/mol. The van der Waals surface area contributed by atoms with Crippen molar-refractivity contribution in [1.82, 2.24) is 9.19 Å². The number of carbonyl (C=O) groups is 1. The first-order valence-corrected chi connectivity index (χ1v) is 9.33. The molecule has 134 valence electrons. The molecular formula is C18H17N3O4S. The van der Waals surface area contributed by atoms with Gasteiger partial charge in [0.25, 0.3) is 10.0 Å². The molecule has 0 aliphatic carbocycles. The van der Waals surface area contributed by atoms with Crippen molar-refractivity contribution >= 4 is 21.8 Å². The third-order valence-electron chi connectivity index (χ3n) is 3.75. The summed E-state index contributed by atoms with van der Waals surface area (Å²) >= 11 is 0. The van der Waals surface area contributed by atoms with Crippen molar-refractivity contribution in [2.24, 2.45) is 0 Å². The van der Waals surface area contributed by atoms with Gasteiger partial charge in [0.1, 0.15) is 5.82 Å². The van der Waals surface area contributed by atoms with Gasteiger partial charge < -0.3 is 10.5 Å². The molecule has 3 rings (SSSR count). The van der Waals surface area contributed by atoms with Crippen molar-refractivity contribution in [1.29, 1.82) is 0 Å². The molecule has 0 aliphatic rings. The highest BCUT2D eigenvalue weighted by atomic mass is 32.2. The summed E-state index contributed by atoms with van der Waals surface area (Å²) in [5, 5.41) is 3.82. The fraction of sp³-hybridized carbons (Fsp3) is 0.111.